The molecule has 0 bridgehead atoms. The second kappa shape index (κ2) is 7.27. The van der Waals surface area contributed by atoms with E-state index in [0.29, 0.717) is 18.4 Å². The summed E-state index contributed by atoms with van der Waals surface area (Å²) in [4.78, 5) is 13.8. The zero-order chi connectivity index (χ0) is 11.1. The Kier molecular flexibility index (Phi) is 7.24. The Morgan fingerprint density at radius 2 is 1.86 bits per heavy atom. The Morgan fingerprint density at radius 1 is 1.29 bits per heavy atom. The number of alkyl halides is 1. The van der Waals surface area contributed by atoms with Crippen LogP contribution in [0.25, 0.3) is 0 Å². The van der Waals surface area contributed by atoms with Crippen LogP contribution in [0.4, 0.5) is 0 Å². The minimum atomic E-state index is 0.288. The topological polar surface area (TPSA) is 20.3 Å². The van der Waals surface area contributed by atoms with Gasteiger partial charge in [0, 0.05) is 24.3 Å². The second-order valence-electron chi connectivity index (χ2n) is 4.32. The van der Waals surface area contributed by atoms with Gasteiger partial charge >= 0.3 is 0 Å². The zero-order valence-electron chi connectivity index (χ0n) is 9.72. The summed E-state index contributed by atoms with van der Waals surface area (Å²) < 4.78 is 0. The number of carbonyl (C=O) groups is 1. The minimum absolute atomic E-state index is 0.288. The van der Waals surface area contributed by atoms with E-state index in [1.165, 1.54) is 0 Å². The molecule has 0 saturated heterocycles. The summed E-state index contributed by atoms with van der Waals surface area (Å²) in [5.74, 6) is 0.740. The van der Waals surface area contributed by atoms with Crippen molar-refractivity contribution in [1.82, 2.24) is 4.90 Å². The first kappa shape index (κ1) is 13.9. The van der Waals surface area contributed by atoms with Gasteiger partial charge in [0.15, 0.2) is 0 Å². The summed E-state index contributed by atoms with van der Waals surface area (Å²) in [6, 6.07) is 0.320. The van der Waals surface area contributed by atoms with Gasteiger partial charge in [-0.2, -0.15) is 0 Å². The van der Waals surface area contributed by atoms with E-state index in [2.05, 4.69) is 43.6 Å². The first-order valence-corrected chi connectivity index (χ1v) is 6.46. The van der Waals surface area contributed by atoms with E-state index in [4.69, 9.17) is 0 Å². The van der Waals surface area contributed by atoms with Gasteiger partial charge in [0.2, 0.25) is 5.91 Å². The van der Waals surface area contributed by atoms with E-state index >= 15 is 0 Å². The average Bonchev–Trinajstić information content (AvgIpc) is 2.02. The van der Waals surface area contributed by atoms with Gasteiger partial charge in [-0.15, -0.1) is 0 Å². The van der Waals surface area contributed by atoms with Crippen molar-refractivity contribution in [2.24, 2.45) is 5.92 Å². The zero-order valence-corrected chi connectivity index (χ0v) is 11.3. The molecule has 3 heteroatoms. The number of rotatable bonds is 6. The van der Waals surface area contributed by atoms with Crippen LogP contribution in [-0.4, -0.2) is 28.7 Å². The lowest BCUT2D eigenvalue weighted by atomic mass is 10.1. The van der Waals surface area contributed by atoms with Crippen molar-refractivity contribution in [1.29, 1.82) is 0 Å². The normalized spacial score (nSPS) is 11.1. The molecule has 14 heavy (non-hydrogen) atoms. The smallest absolute Gasteiger partial charge is 0.223 e. The Bertz CT molecular complexity index is 169. The maximum absolute atomic E-state index is 11.8. The van der Waals surface area contributed by atoms with E-state index in [1.807, 2.05) is 4.90 Å². The van der Waals surface area contributed by atoms with Crippen LogP contribution in [0.5, 0.6) is 0 Å². The van der Waals surface area contributed by atoms with Crippen molar-refractivity contribution >= 4 is 21.8 Å². The van der Waals surface area contributed by atoms with E-state index in [9.17, 15) is 4.79 Å². The molecule has 0 unspecified atom stereocenters. The van der Waals surface area contributed by atoms with Crippen molar-refractivity contribution in [2.75, 3.05) is 11.9 Å². The molecule has 0 spiro atoms. The fourth-order valence-corrected chi connectivity index (χ4v) is 1.62. The van der Waals surface area contributed by atoms with Crippen LogP contribution >= 0.6 is 15.9 Å². The Morgan fingerprint density at radius 3 is 2.21 bits per heavy atom. The molecule has 0 fully saturated rings. The van der Waals surface area contributed by atoms with Crippen LogP contribution in [-0.2, 0) is 4.79 Å². The summed E-state index contributed by atoms with van der Waals surface area (Å²) in [5, 5.41) is 0.963. The summed E-state index contributed by atoms with van der Waals surface area (Å²) in [5.41, 5.74) is 0. The molecule has 0 aliphatic heterocycles. The highest BCUT2D eigenvalue weighted by Gasteiger charge is 2.16. The standard InChI is InChI=1S/C11H22BrNO/c1-9(2)8-11(14)13(10(3)4)7-5-6-12/h9-10H,5-8H2,1-4H3. The summed E-state index contributed by atoms with van der Waals surface area (Å²) in [6.45, 7) is 9.19. The van der Waals surface area contributed by atoms with Crippen LogP contribution in [0.1, 0.15) is 40.5 Å². The first-order chi connectivity index (χ1) is 6.49. The molecule has 0 rings (SSSR count). The lowest BCUT2D eigenvalue weighted by Crippen LogP contribution is -2.38. The maximum Gasteiger partial charge on any atom is 0.223 e. The van der Waals surface area contributed by atoms with Crippen LogP contribution < -0.4 is 0 Å². The van der Waals surface area contributed by atoms with E-state index < -0.39 is 0 Å². The van der Waals surface area contributed by atoms with Gasteiger partial charge in [-0.1, -0.05) is 29.8 Å². The molecule has 0 saturated carbocycles. The summed E-state index contributed by atoms with van der Waals surface area (Å²) in [7, 11) is 0. The Labute approximate surface area is 96.2 Å². The highest BCUT2D eigenvalue weighted by Crippen LogP contribution is 2.08. The number of nitrogens with zero attached hydrogens (tertiary/aromatic N) is 1. The third kappa shape index (κ3) is 5.63. The highest BCUT2D eigenvalue weighted by atomic mass is 79.9. The van der Waals surface area contributed by atoms with Crippen molar-refractivity contribution in [3.05, 3.63) is 0 Å². The van der Waals surface area contributed by atoms with Gasteiger partial charge in [-0.3, -0.25) is 4.79 Å². The predicted molar refractivity (Wildman–Crippen MR) is 64.7 cm³/mol. The average molecular weight is 264 g/mol. The summed E-state index contributed by atoms with van der Waals surface area (Å²) >= 11 is 3.39. The monoisotopic (exact) mass is 263 g/mol. The van der Waals surface area contributed by atoms with Crippen LogP contribution in [0.3, 0.4) is 0 Å². The molecule has 84 valence electrons. The van der Waals surface area contributed by atoms with Gasteiger partial charge in [-0.25, -0.2) is 0 Å². The largest absolute Gasteiger partial charge is 0.340 e. The third-order valence-corrected chi connectivity index (χ3v) is 2.62. The van der Waals surface area contributed by atoms with E-state index in [0.717, 1.165) is 18.3 Å². The second-order valence-corrected chi connectivity index (χ2v) is 5.11. The molecular weight excluding hydrogens is 242 g/mol. The molecule has 0 aliphatic rings. The lowest BCUT2D eigenvalue weighted by molar-refractivity contribution is -0.133. The quantitative estimate of drug-likeness (QED) is 0.675. The summed E-state index contributed by atoms with van der Waals surface area (Å²) in [6.07, 6.45) is 1.70. The molecule has 0 aromatic carbocycles. The van der Waals surface area contributed by atoms with E-state index in [1.54, 1.807) is 0 Å². The van der Waals surface area contributed by atoms with Gasteiger partial charge in [-0.05, 0) is 26.2 Å². The fraction of sp³-hybridized carbons (Fsp3) is 0.909. The van der Waals surface area contributed by atoms with E-state index in [-0.39, 0.29) is 5.91 Å². The Hall–Kier alpha value is -0.0500. The van der Waals surface area contributed by atoms with Crippen molar-refractivity contribution in [3.8, 4) is 0 Å². The number of halogens is 1. The molecule has 0 aromatic rings. The number of carbonyl (C=O) groups excluding carboxylic acids is 1. The molecule has 0 N–H and O–H groups in total. The lowest BCUT2D eigenvalue weighted by Gasteiger charge is -2.27. The third-order valence-electron chi connectivity index (χ3n) is 2.06. The number of amides is 1. The molecule has 0 radical (unpaired) electrons. The highest BCUT2D eigenvalue weighted by molar-refractivity contribution is 9.09. The minimum Gasteiger partial charge on any atom is -0.340 e. The molecule has 2 nitrogen and oxygen atoms in total. The predicted octanol–water partition coefficient (Wildman–Crippen LogP) is 3.05. The van der Waals surface area contributed by atoms with Crippen LogP contribution in [0.2, 0.25) is 0 Å². The SMILES string of the molecule is CC(C)CC(=O)N(CCCBr)C(C)C. The fourth-order valence-electron chi connectivity index (χ4n) is 1.37. The molecule has 0 aromatic heterocycles. The van der Waals surface area contributed by atoms with Gasteiger partial charge in [0.1, 0.15) is 0 Å². The number of hydrogen-bond donors (Lipinski definition) is 0. The number of hydrogen-bond acceptors (Lipinski definition) is 1. The first-order valence-electron chi connectivity index (χ1n) is 5.34. The molecule has 0 heterocycles. The Balaban J connectivity index is 4.11. The van der Waals surface area contributed by atoms with Crippen molar-refractivity contribution < 1.29 is 4.79 Å². The maximum atomic E-state index is 11.8. The molecule has 1 amide bonds. The van der Waals surface area contributed by atoms with Crippen molar-refractivity contribution in [3.63, 3.8) is 0 Å². The molecule has 0 aliphatic carbocycles. The van der Waals surface area contributed by atoms with Crippen LogP contribution in [0, 0.1) is 5.92 Å². The van der Waals surface area contributed by atoms with Gasteiger partial charge in [0.05, 0.1) is 0 Å². The molecular formula is C11H22BrNO. The van der Waals surface area contributed by atoms with Crippen LogP contribution in [0.15, 0.2) is 0 Å². The van der Waals surface area contributed by atoms with Crippen molar-refractivity contribution in [2.45, 2.75) is 46.6 Å². The van der Waals surface area contributed by atoms with Gasteiger partial charge < -0.3 is 4.90 Å². The van der Waals surface area contributed by atoms with Gasteiger partial charge in [0.25, 0.3) is 0 Å². The molecule has 0 atom stereocenters.